The van der Waals surface area contributed by atoms with E-state index in [4.69, 9.17) is 10.8 Å². The highest BCUT2D eigenvalue weighted by atomic mass is 16.3. The molecule has 0 radical (unpaired) electrons. The van der Waals surface area contributed by atoms with Crippen LogP contribution in [-0.4, -0.2) is 5.11 Å². The Hall–Kier alpha value is -1.02. The molecule has 2 nitrogen and oxygen atoms in total. The summed E-state index contributed by atoms with van der Waals surface area (Å²) in [6.07, 6.45) is 0. The highest BCUT2D eigenvalue weighted by molar-refractivity contribution is 5.56. The van der Waals surface area contributed by atoms with E-state index in [-0.39, 0.29) is 12.0 Å². The Balaban J connectivity index is 3.24. The van der Waals surface area contributed by atoms with E-state index in [1.165, 1.54) is 0 Å². The van der Waals surface area contributed by atoms with Gasteiger partial charge in [0.05, 0.1) is 6.61 Å². The van der Waals surface area contributed by atoms with Crippen LogP contribution >= 0.6 is 0 Å². The number of para-hydroxylation sites is 1. The first-order chi connectivity index (χ1) is 5.96. The lowest BCUT2D eigenvalue weighted by atomic mass is 9.85. The number of nitrogen functional groups attached to an aromatic ring is 1. The van der Waals surface area contributed by atoms with E-state index in [2.05, 4.69) is 20.8 Å². The molecule has 0 aliphatic carbocycles. The molecule has 1 rings (SSSR count). The molecule has 0 aliphatic rings. The van der Waals surface area contributed by atoms with Crippen LogP contribution in [0.15, 0.2) is 18.2 Å². The van der Waals surface area contributed by atoms with Crippen molar-refractivity contribution in [3.8, 4) is 0 Å². The van der Waals surface area contributed by atoms with Crippen molar-refractivity contribution in [1.82, 2.24) is 0 Å². The summed E-state index contributed by atoms with van der Waals surface area (Å²) in [5.74, 6) is 0. The summed E-state index contributed by atoms with van der Waals surface area (Å²) in [5, 5.41) is 9.03. The molecule has 0 saturated carbocycles. The van der Waals surface area contributed by atoms with Crippen molar-refractivity contribution in [3.63, 3.8) is 0 Å². The van der Waals surface area contributed by atoms with Gasteiger partial charge in [0.15, 0.2) is 0 Å². The third-order valence-corrected chi connectivity index (χ3v) is 2.17. The Labute approximate surface area is 79.4 Å². The van der Waals surface area contributed by atoms with E-state index in [1.807, 2.05) is 18.2 Å². The van der Waals surface area contributed by atoms with Gasteiger partial charge >= 0.3 is 0 Å². The zero-order valence-corrected chi connectivity index (χ0v) is 8.46. The SMILES string of the molecule is CC(C)(C)c1cccc(CO)c1N. The summed E-state index contributed by atoms with van der Waals surface area (Å²) in [4.78, 5) is 0. The second kappa shape index (κ2) is 3.38. The average Bonchev–Trinajstić information content (AvgIpc) is 2.02. The lowest BCUT2D eigenvalue weighted by Gasteiger charge is -2.22. The van der Waals surface area contributed by atoms with Gasteiger partial charge in [-0.05, 0) is 11.0 Å². The largest absolute Gasteiger partial charge is 0.398 e. The molecule has 0 amide bonds. The van der Waals surface area contributed by atoms with Crippen molar-refractivity contribution >= 4 is 5.69 Å². The van der Waals surface area contributed by atoms with E-state index in [9.17, 15) is 0 Å². The van der Waals surface area contributed by atoms with Gasteiger partial charge in [0.2, 0.25) is 0 Å². The van der Waals surface area contributed by atoms with Crippen molar-refractivity contribution in [2.45, 2.75) is 32.8 Å². The second-order valence-corrected chi connectivity index (χ2v) is 4.29. The summed E-state index contributed by atoms with van der Waals surface area (Å²) in [5.41, 5.74) is 8.59. The van der Waals surface area contributed by atoms with Crippen LogP contribution in [0.2, 0.25) is 0 Å². The Bertz CT molecular complexity index is 299. The molecule has 0 saturated heterocycles. The summed E-state index contributed by atoms with van der Waals surface area (Å²) in [6, 6.07) is 5.79. The minimum Gasteiger partial charge on any atom is -0.398 e. The van der Waals surface area contributed by atoms with Crippen LogP contribution in [-0.2, 0) is 12.0 Å². The number of aliphatic hydroxyl groups excluding tert-OH is 1. The Kier molecular flexibility index (Phi) is 2.62. The molecule has 1 aromatic rings. The molecule has 0 bridgehead atoms. The Morgan fingerprint density at radius 2 is 1.92 bits per heavy atom. The van der Waals surface area contributed by atoms with Gasteiger partial charge in [0.25, 0.3) is 0 Å². The zero-order valence-electron chi connectivity index (χ0n) is 8.46. The molecule has 0 spiro atoms. The topological polar surface area (TPSA) is 46.2 Å². The normalized spacial score (nSPS) is 11.7. The minimum atomic E-state index is 0.00968. The monoisotopic (exact) mass is 179 g/mol. The molecule has 0 fully saturated rings. The van der Waals surface area contributed by atoms with E-state index >= 15 is 0 Å². The van der Waals surface area contributed by atoms with Gasteiger partial charge in [0.1, 0.15) is 0 Å². The fourth-order valence-corrected chi connectivity index (χ4v) is 1.40. The summed E-state index contributed by atoms with van der Waals surface area (Å²) in [7, 11) is 0. The predicted octanol–water partition coefficient (Wildman–Crippen LogP) is 2.06. The fraction of sp³-hybridized carbons (Fsp3) is 0.455. The quantitative estimate of drug-likeness (QED) is 0.648. The zero-order chi connectivity index (χ0) is 10.1. The molecule has 0 atom stereocenters. The molecule has 0 aromatic heterocycles. The van der Waals surface area contributed by atoms with Gasteiger partial charge in [-0.25, -0.2) is 0 Å². The highest BCUT2D eigenvalue weighted by Crippen LogP contribution is 2.29. The number of anilines is 1. The second-order valence-electron chi connectivity index (χ2n) is 4.29. The molecule has 13 heavy (non-hydrogen) atoms. The fourth-order valence-electron chi connectivity index (χ4n) is 1.40. The van der Waals surface area contributed by atoms with Crippen LogP contribution in [0.25, 0.3) is 0 Å². The minimum absolute atomic E-state index is 0.00968. The van der Waals surface area contributed by atoms with Crippen LogP contribution in [0.4, 0.5) is 5.69 Å². The van der Waals surface area contributed by atoms with Gasteiger partial charge in [0, 0.05) is 11.3 Å². The van der Waals surface area contributed by atoms with Gasteiger partial charge in [-0.3, -0.25) is 0 Å². The summed E-state index contributed by atoms with van der Waals surface area (Å²) in [6.45, 7) is 6.34. The van der Waals surface area contributed by atoms with Crippen LogP contribution in [0.5, 0.6) is 0 Å². The molecule has 1 aromatic carbocycles. The van der Waals surface area contributed by atoms with Gasteiger partial charge in [-0.1, -0.05) is 39.0 Å². The van der Waals surface area contributed by atoms with Crippen LogP contribution in [0.1, 0.15) is 31.9 Å². The number of hydrogen-bond donors (Lipinski definition) is 2. The molecule has 0 aliphatic heterocycles. The lowest BCUT2D eigenvalue weighted by molar-refractivity contribution is 0.282. The average molecular weight is 179 g/mol. The first-order valence-corrected chi connectivity index (χ1v) is 4.45. The molecule has 0 heterocycles. The van der Waals surface area contributed by atoms with Crippen LogP contribution in [0, 0.1) is 0 Å². The van der Waals surface area contributed by atoms with Crippen molar-refractivity contribution in [1.29, 1.82) is 0 Å². The highest BCUT2D eigenvalue weighted by Gasteiger charge is 2.17. The number of aliphatic hydroxyl groups is 1. The van der Waals surface area contributed by atoms with Crippen LogP contribution < -0.4 is 5.73 Å². The first kappa shape index (κ1) is 10.1. The van der Waals surface area contributed by atoms with E-state index in [0.717, 1.165) is 16.8 Å². The number of benzene rings is 1. The third kappa shape index (κ3) is 2.01. The van der Waals surface area contributed by atoms with E-state index in [1.54, 1.807) is 0 Å². The van der Waals surface area contributed by atoms with Crippen LogP contribution in [0.3, 0.4) is 0 Å². The maximum Gasteiger partial charge on any atom is 0.0702 e. The molecule has 2 heteroatoms. The predicted molar refractivity (Wildman–Crippen MR) is 55.5 cm³/mol. The maximum absolute atomic E-state index is 9.03. The number of hydrogen-bond acceptors (Lipinski definition) is 2. The van der Waals surface area contributed by atoms with Crippen molar-refractivity contribution in [3.05, 3.63) is 29.3 Å². The van der Waals surface area contributed by atoms with Gasteiger partial charge in [-0.2, -0.15) is 0 Å². The van der Waals surface area contributed by atoms with Crippen molar-refractivity contribution in [2.75, 3.05) is 5.73 Å². The van der Waals surface area contributed by atoms with Gasteiger partial charge < -0.3 is 10.8 Å². The number of rotatable bonds is 1. The van der Waals surface area contributed by atoms with E-state index in [0.29, 0.717) is 0 Å². The summed E-state index contributed by atoms with van der Waals surface area (Å²) < 4.78 is 0. The summed E-state index contributed by atoms with van der Waals surface area (Å²) >= 11 is 0. The van der Waals surface area contributed by atoms with Gasteiger partial charge in [-0.15, -0.1) is 0 Å². The standard InChI is InChI=1S/C11H17NO/c1-11(2,3)9-6-4-5-8(7-13)10(9)12/h4-6,13H,7,12H2,1-3H3. The van der Waals surface area contributed by atoms with E-state index < -0.39 is 0 Å². The molecular formula is C11H17NO. The lowest BCUT2D eigenvalue weighted by Crippen LogP contribution is -2.15. The molecular weight excluding hydrogens is 162 g/mol. The van der Waals surface area contributed by atoms with Crippen molar-refractivity contribution < 1.29 is 5.11 Å². The molecule has 0 unspecified atom stereocenters. The molecule has 3 N–H and O–H groups in total. The van der Waals surface area contributed by atoms with Crippen molar-refractivity contribution in [2.24, 2.45) is 0 Å². The first-order valence-electron chi connectivity index (χ1n) is 4.45. The Morgan fingerprint density at radius 3 is 2.38 bits per heavy atom. The third-order valence-electron chi connectivity index (χ3n) is 2.17. The number of nitrogens with two attached hydrogens (primary N) is 1. The smallest absolute Gasteiger partial charge is 0.0702 e. The molecule has 72 valence electrons. The maximum atomic E-state index is 9.03. The Morgan fingerprint density at radius 1 is 1.31 bits per heavy atom.